The molecule has 1 aromatic rings. The number of pyridine rings is 1. The van der Waals surface area contributed by atoms with Crippen LogP contribution in [0.1, 0.15) is 6.42 Å². The van der Waals surface area contributed by atoms with E-state index in [1.54, 1.807) is 12.4 Å². The molecular weight excluding hydrogens is 220 g/mol. The first kappa shape index (κ1) is 11.7. The summed E-state index contributed by atoms with van der Waals surface area (Å²) in [5.74, 6) is 4.56. The van der Waals surface area contributed by atoms with Crippen molar-refractivity contribution in [3.8, 4) is 5.75 Å². The highest BCUT2D eigenvalue weighted by atomic mass is 32.2. The summed E-state index contributed by atoms with van der Waals surface area (Å²) in [5.41, 5.74) is 5.81. The molecule has 1 saturated heterocycles. The molecule has 88 valence electrons. The van der Waals surface area contributed by atoms with Crippen molar-refractivity contribution in [3.63, 3.8) is 0 Å². The summed E-state index contributed by atoms with van der Waals surface area (Å²) in [5, 5.41) is 0. The van der Waals surface area contributed by atoms with Gasteiger partial charge in [0, 0.05) is 12.1 Å². The zero-order chi connectivity index (χ0) is 11.2. The molecule has 0 radical (unpaired) electrons. The molecule has 3 nitrogen and oxygen atoms in total. The SMILES string of the molecule is NCC(COc1cccnc1)C1CCSC1. The van der Waals surface area contributed by atoms with E-state index >= 15 is 0 Å². The van der Waals surface area contributed by atoms with E-state index in [1.165, 1.54) is 17.9 Å². The molecule has 1 fully saturated rings. The minimum Gasteiger partial charge on any atom is -0.492 e. The van der Waals surface area contributed by atoms with Crippen LogP contribution < -0.4 is 10.5 Å². The first-order valence-corrected chi connectivity index (χ1v) is 6.86. The van der Waals surface area contributed by atoms with Crippen molar-refractivity contribution >= 4 is 11.8 Å². The Morgan fingerprint density at radius 3 is 3.19 bits per heavy atom. The van der Waals surface area contributed by atoms with Crippen LogP contribution in [0.4, 0.5) is 0 Å². The van der Waals surface area contributed by atoms with Crippen LogP contribution >= 0.6 is 11.8 Å². The third-order valence-corrected chi connectivity index (χ3v) is 4.22. The maximum Gasteiger partial charge on any atom is 0.137 e. The molecule has 1 aliphatic heterocycles. The normalized spacial score (nSPS) is 21.9. The van der Waals surface area contributed by atoms with Crippen LogP contribution in [0.2, 0.25) is 0 Å². The molecule has 2 N–H and O–H groups in total. The van der Waals surface area contributed by atoms with Crippen molar-refractivity contribution in [1.82, 2.24) is 4.98 Å². The van der Waals surface area contributed by atoms with E-state index < -0.39 is 0 Å². The third kappa shape index (κ3) is 3.12. The van der Waals surface area contributed by atoms with Gasteiger partial charge in [0.05, 0.1) is 12.8 Å². The van der Waals surface area contributed by atoms with Gasteiger partial charge in [0.15, 0.2) is 0 Å². The number of rotatable bonds is 5. The van der Waals surface area contributed by atoms with E-state index in [2.05, 4.69) is 4.98 Å². The maximum absolute atomic E-state index is 5.81. The molecule has 4 heteroatoms. The summed E-state index contributed by atoms with van der Waals surface area (Å²) < 4.78 is 5.72. The fraction of sp³-hybridized carbons (Fsp3) is 0.583. The molecule has 0 aliphatic carbocycles. The van der Waals surface area contributed by atoms with Gasteiger partial charge in [-0.3, -0.25) is 4.98 Å². The van der Waals surface area contributed by atoms with E-state index in [0.717, 1.165) is 11.7 Å². The van der Waals surface area contributed by atoms with Crippen molar-refractivity contribution in [3.05, 3.63) is 24.5 Å². The first-order valence-electron chi connectivity index (χ1n) is 5.71. The lowest BCUT2D eigenvalue weighted by molar-refractivity contribution is 0.208. The van der Waals surface area contributed by atoms with E-state index in [9.17, 15) is 0 Å². The van der Waals surface area contributed by atoms with Gasteiger partial charge >= 0.3 is 0 Å². The van der Waals surface area contributed by atoms with Crippen LogP contribution in [0.25, 0.3) is 0 Å². The first-order chi connectivity index (χ1) is 7.90. The molecule has 2 rings (SSSR count). The molecule has 0 spiro atoms. The van der Waals surface area contributed by atoms with Gasteiger partial charge in [-0.25, -0.2) is 0 Å². The van der Waals surface area contributed by atoms with E-state index in [1.807, 2.05) is 23.9 Å². The van der Waals surface area contributed by atoms with E-state index in [-0.39, 0.29) is 0 Å². The largest absolute Gasteiger partial charge is 0.492 e. The molecule has 16 heavy (non-hydrogen) atoms. The monoisotopic (exact) mass is 238 g/mol. The third-order valence-electron chi connectivity index (χ3n) is 3.03. The van der Waals surface area contributed by atoms with Gasteiger partial charge in [-0.15, -0.1) is 0 Å². The number of thioether (sulfide) groups is 1. The summed E-state index contributed by atoms with van der Waals surface area (Å²) in [6.07, 6.45) is 4.78. The van der Waals surface area contributed by atoms with Crippen LogP contribution in [-0.4, -0.2) is 29.6 Å². The Balaban J connectivity index is 1.83. The Bertz CT molecular complexity index is 301. The Kier molecular flexibility index (Phi) is 4.48. The lowest BCUT2D eigenvalue weighted by Crippen LogP contribution is -2.29. The van der Waals surface area contributed by atoms with Crippen molar-refractivity contribution in [2.45, 2.75) is 6.42 Å². The highest BCUT2D eigenvalue weighted by Gasteiger charge is 2.24. The number of nitrogens with two attached hydrogens (primary N) is 1. The van der Waals surface area contributed by atoms with Gasteiger partial charge in [0.25, 0.3) is 0 Å². The average Bonchev–Trinajstić information content (AvgIpc) is 2.85. The van der Waals surface area contributed by atoms with Crippen LogP contribution in [-0.2, 0) is 0 Å². The molecule has 2 heterocycles. The maximum atomic E-state index is 5.81. The fourth-order valence-electron chi connectivity index (χ4n) is 1.96. The molecule has 0 amide bonds. The molecular formula is C12H18N2OS. The predicted molar refractivity (Wildman–Crippen MR) is 67.7 cm³/mol. The van der Waals surface area contributed by atoms with E-state index in [4.69, 9.17) is 10.5 Å². The van der Waals surface area contributed by atoms with Gasteiger partial charge < -0.3 is 10.5 Å². The number of hydrogen-bond donors (Lipinski definition) is 1. The van der Waals surface area contributed by atoms with Gasteiger partial charge in [0.2, 0.25) is 0 Å². The Morgan fingerprint density at radius 1 is 1.62 bits per heavy atom. The van der Waals surface area contributed by atoms with Crippen molar-refractivity contribution in [1.29, 1.82) is 0 Å². The molecule has 1 aromatic heterocycles. The second-order valence-corrected chi connectivity index (χ2v) is 5.27. The summed E-state index contributed by atoms with van der Waals surface area (Å²) in [7, 11) is 0. The summed E-state index contributed by atoms with van der Waals surface area (Å²) in [6.45, 7) is 1.43. The lowest BCUT2D eigenvalue weighted by Gasteiger charge is -2.21. The molecule has 2 atom stereocenters. The topological polar surface area (TPSA) is 48.1 Å². The second kappa shape index (κ2) is 6.11. The van der Waals surface area contributed by atoms with E-state index in [0.29, 0.717) is 19.1 Å². The van der Waals surface area contributed by atoms with Crippen molar-refractivity contribution < 1.29 is 4.74 Å². The number of ether oxygens (including phenoxy) is 1. The summed E-state index contributed by atoms with van der Waals surface area (Å²) in [6, 6.07) is 3.82. The molecule has 2 unspecified atom stereocenters. The second-order valence-electron chi connectivity index (χ2n) is 4.12. The number of hydrogen-bond acceptors (Lipinski definition) is 4. The van der Waals surface area contributed by atoms with Gasteiger partial charge in [-0.05, 0) is 42.5 Å². The van der Waals surface area contributed by atoms with Gasteiger partial charge in [-0.2, -0.15) is 11.8 Å². The highest BCUT2D eigenvalue weighted by molar-refractivity contribution is 7.99. The lowest BCUT2D eigenvalue weighted by atomic mass is 9.93. The van der Waals surface area contributed by atoms with Crippen LogP contribution in [0, 0.1) is 11.8 Å². The molecule has 0 saturated carbocycles. The molecule has 1 aliphatic rings. The highest BCUT2D eigenvalue weighted by Crippen LogP contribution is 2.29. The Morgan fingerprint density at radius 2 is 2.56 bits per heavy atom. The zero-order valence-electron chi connectivity index (χ0n) is 9.34. The Hall–Kier alpha value is -0.740. The fourth-order valence-corrected chi connectivity index (χ4v) is 3.33. The van der Waals surface area contributed by atoms with Crippen LogP contribution in [0.15, 0.2) is 24.5 Å². The molecule has 0 aromatic carbocycles. The standard InChI is InChI=1S/C12H18N2OS/c13-6-11(10-3-5-16-9-10)8-15-12-2-1-4-14-7-12/h1-2,4,7,10-11H,3,5-6,8-9,13H2. The van der Waals surface area contributed by atoms with Gasteiger partial charge in [0.1, 0.15) is 5.75 Å². The van der Waals surface area contributed by atoms with Gasteiger partial charge in [-0.1, -0.05) is 0 Å². The summed E-state index contributed by atoms with van der Waals surface area (Å²) >= 11 is 2.02. The van der Waals surface area contributed by atoms with Crippen molar-refractivity contribution in [2.75, 3.05) is 24.7 Å². The number of nitrogens with zero attached hydrogens (tertiary/aromatic N) is 1. The Labute approximate surface area is 101 Å². The molecule has 0 bridgehead atoms. The average molecular weight is 238 g/mol. The van der Waals surface area contributed by atoms with Crippen LogP contribution in [0.5, 0.6) is 5.75 Å². The minimum atomic E-state index is 0.482. The smallest absolute Gasteiger partial charge is 0.137 e. The summed E-state index contributed by atoms with van der Waals surface area (Å²) in [4.78, 5) is 4.03. The predicted octanol–water partition coefficient (Wildman–Crippen LogP) is 1.79. The zero-order valence-corrected chi connectivity index (χ0v) is 10.2. The van der Waals surface area contributed by atoms with Crippen LogP contribution in [0.3, 0.4) is 0 Å². The minimum absolute atomic E-state index is 0.482. The quantitative estimate of drug-likeness (QED) is 0.849. The number of aromatic nitrogens is 1. The van der Waals surface area contributed by atoms with Crippen molar-refractivity contribution in [2.24, 2.45) is 17.6 Å².